The Kier molecular flexibility index (Phi) is 5.97. The van der Waals surface area contributed by atoms with Crippen molar-refractivity contribution in [1.82, 2.24) is 10.2 Å². The Balaban J connectivity index is 1.66. The van der Waals surface area contributed by atoms with Crippen molar-refractivity contribution in [2.45, 2.75) is 52.4 Å². The molecule has 0 bridgehead atoms. The molecule has 2 fully saturated rings. The summed E-state index contributed by atoms with van der Waals surface area (Å²) >= 11 is 0. The second-order valence-electron chi connectivity index (χ2n) is 6.59. The van der Waals surface area contributed by atoms with Gasteiger partial charge in [-0.25, -0.2) is 0 Å². The van der Waals surface area contributed by atoms with Gasteiger partial charge >= 0.3 is 0 Å². The molecule has 2 rings (SSSR count). The van der Waals surface area contributed by atoms with Gasteiger partial charge in [-0.15, -0.1) is 0 Å². The van der Waals surface area contributed by atoms with E-state index in [1.54, 1.807) is 0 Å². The quantitative estimate of drug-likeness (QED) is 0.808. The van der Waals surface area contributed by atoms with Gasteiger partial charge in [0.25, 0.3) is 0 Å². The zero-order chi connectivity index (χ0) is 12.8. The molecule has 2 heterocycles. The molecule has 0 radical (unpaired) electrons. The van der Waals surface area contributed by atoms with Crippen molar-refractivity contribution in [3.05, 3.63) is 0 Å². The molecule has 0 amide bonds. The van der Waals surface area contributed by atoms with Crippen LogP contribution in [0.1, 0.15) is 52.4 Å². The van der Waals surface area contributed by atoms with Crippen LogP contribution in [0.4, 0.5) is 0 Å². The maximum absolute atomic E-state index is 3.56. The maximum atomic E-state index is 3.56. The van der Waals surface area contributed by atoms with Crippen molar-refractivity contribution in [2.75, 3.05) is 32.7 Å². The molecule has 106 valence electrons. The molecule has 0 aromatic carbocycles. The van der Waals surface area contributed by atoms with Crippen molar-refractivity contribution in [3.8, 4) is 0 Å². The molecule has 2 saturated heterocycles. The number of hydrogen-bond acceptors (Lipinski definition) is 2. The van der Waals surface area contributed by atoms with Crippen LogP contribution in [0.5, 0.6) is 0 Å². The van der Waals surface area contributed by atoms with Gasteiger partial charge in [-0.2, -0.15) is 0 Å². The summed E-state index contributed by atoms with van der Waals surface area (Å²) in [5.74, 6) is 2.82. The predicted molar refractivity (Wildman–Crippen MR) is 78.8 cm³/mol. The molecule has 1 N–H and O–H groups in total. The molecule has 0 spiro atoms. The van der Waals surface area contributed by atoms with E-state index in [-0.39, 0.29) is 0 Å². The van der Waals surface area contributed by atoms with E-state index < -0.39 is 0 Å². The summed E-state index contributed by atoms with van der Waals surface area (Å²) in [5.41, 5.74) is 0. The largest absolute Gasteiger partial charge is 0.316 e. The number of piperidine rings is 2. The molecule has 3 unspecified atom stereocenters. The SMILES string of the molecule is CCC1CCCN(CCC(C)C2CCCNC2)C1. The first kappa shape index (κ1) is 14.3. The zero-order valence-corrected chi connectivity index (χ0v) is 12.5. The Morgan fingerprint density at radius 2 is 2.17 bits per heavy atom. The fraction of sp³-hybridized carbons (Fsp3) is 1.00. The van der Waals surface area contributed by atoms with Gasteiger partial charge in [0.05, 0.1) is 0 Å². The third kappa shape index (κ3) is 4.24. The third-order valence-electron chi connectivity index (χ3n) is 5.22. The summed E-state index contributed by atoms with van der Waals surface area (Å²) in [7, 11) is 0. The average Bonchev–Trinajstić information content (AvgIpc) is 2.46. The van der Waals surface area contributed by atoms with Crippen LogP contribution in [-0.2, 0) is 0 Å². The van der Waals surface area contributed by atoms with Crippen LogP contribution in [0.25, 0.3) is 0 Å². The van der Waals surface area contributed by atoms with E-state index in [0.29, 0.717) is 0 Å². The monoisotopic (exact) mass is 252 g/mol. The Bertz CT molecular complexity index is 221. The molecule has 2 nitrogen and oxygen atoms in total. The molecule has 0 aromatic rings. The molecule has 0 aromatic heterocycles. The summed E-state index contributed by atoms with van der Waals surface area (Å²) in [6.07, 6.45) is 8.51. The lowest BCUT2D eigenvalue weighted by molar-refractivity contribution is 0.151. The Morgan fingerprint density at radius 3 is 2.89 bits per heavy atom. The van der Waals surface area contributed by atoms with E-state index in [4.69, 9.17) is 0 Å². The summed E-state index contributed by atoms with van der Waals surface area (Å²) in [6, 6.07) is 0. The average molecular weight is 252 g/mol. The van der Waals surface area contributed by atoms with Gasteiger partial charge in [-0.1, -0.05) is 20.3 Å². The normalized spacial score (nSPS) is 32.3. The molecular formula is C16H32N2. The van der Waals surface area contributed by atoms with Crippen LogP contribution in [0, 0.1) is 17.8 Å². The summed E-state index contributed by atoms with van der Waals surface area (Å²) in [4.78, 5) is 2.73. The first-order chi connectivity index (χ1) is 8.79. The Morgan fingerprint density at radius 1 is 1.28 bits per heavy atom. The summed E-state index contributed by atoms with van der Waals surface area (Å²) in [6.45, 7) is 11.4. The van der Waals surface area contributed by atoms with Crippen molar-refractivity contribution in [2.24, 2.45) is 17.8 Å². The first-order valence-corrected chi connectivity index (χ1v) is 8.22. The number of likely N-dealkylation sites (tertiary alicyclic amines) is 1. The highest BCUT2D eigenvalue weighted by atomic mass is 15.1. The van der Waals surface area contributed by atoms with Gasteiger partial charge in [0.2, 0.25) is 0 Å². The van der Waals surface area contributed by atoms with Gasteiger partial charge in [0.15, 0.2) is 0 Å². The third-order valence-corrected chi connectivity index (χ3v) is 5.22. The molecule has 0 saturated carbocycles. The van der Waals surface area contributed by atoms with Crippen LogP contribution in [0.3, 0.4) is 0 Å². The fourth-order valence-corrected chi connectivity index (χ4v) is 3.67. The Labute approximate surface area is 114 Å². The zero-order valence-electron chi connectivity index (χ0n) is 12.5. The number of nitrogens with zero attached hydrogens (tertiary/aromatic N) is 1. The second kappa shape index (κ2) is 7.49. The fourth-order valence-electron chi connectivity index (χ4n) is 3.67. The van der Waals surface area contributed by atoms with Gasteiger partial charge in [-0.3, -0.25) is 0 Å². The van der Waals surface area contributed by atoms with E-state index in [1.165, 1.54) is 71.2 Å². The van der Waals surface area contributed by atoms with Crippen LogP contribution in [-0.4, -0.2) is 37.6 Å². The van der Waals surface area contributed by atoms with E-state index in [9.17, 15) is 0 Å². The second-order valence-corrected chi connectivity index (χ2v) is 6.59. The van der Waals surface area contributed by atoms with E-state index >= 15 is 0 Å². The van der Waals surface area contributed by atoms with Crippen LogP contribution in [0.2, 0.25) is 0 Å². The minimum atomic E-state index is 0.903. The molecule has 18 heavy (non-hydrogen) atoms. The smallest absolute Gasteiger partial charge is 0.000956 e. The molecular weight excluding hydrogens is 220 g/mol. The number of nitrogens with one attached hydrogen (secondary N) is 1. The van der Waals surface area contributed by atoms with E-state index in [2.05, 4.69) is 24.1 Å². The summed E-state index contributed by atoms with van der Waals surface area (Å²) in [5, 5.41) is 3.56. The first-order valence-electron chi connectivity index (χ1n) is 8.22. The van der Waals surface area contributed by atoms with Gasteiger partial charge in [0, 0.05) is 6.54 Å². The minimum Gasteiger partial charge on any atom is -0.316 e. The molecule has 3 atom stereocenters. The molecule has 2 heteroatoms. The van der Waals surface area contributed by atoms with E-state index in [1.807, 2.05) is 0 Å². The standard InChI is InChI=1S/C16H32N2/c1-3-15-6-5-10-18(13-15)11-8-14(2)16-7-4-9-17-12-16/h14-17H,3-13H2,1-2H3. The lowest BCUT2D eigenvalue weighted by atomic mass is 9.85. The number of hydrogen-bond donors (Lipinski definition) is 1. The van der Waals surface area contributed by atoms with Gasteiger partial charge < -0.3 is 10.2 Å². The van der Waals surface area contributed by atoms with Gasteiger partial charge in [-0.05, 0) is 76.0 Å². The summed E-state index contributed by atoms with van der Waals surface area (Å²) < 4.78 is 0. The molecule has 0 aliphatic carbocycles. The topological polar surface area (TPSA) is 15.3 Å². The highest BCUT2D eigenvalue weighted by molar-refractivity contribution is 4.77. The number of rotatable bonds is 5. The highest BCUT2D eigenvalue weighted by Gasteiger charge is 2.22. The van der Waals surface area contributed by atoms with E-state index in [0.717, 1.165) is 17.8 Å². The minimum absolute atomic E-state index is 0.903. The van der Waals surface area contributed by atoms with Crippen molar-refractivity contribution < 1.29 is 0 Å². The highest BCUT2D eigenvalue weighted by Crippen LogP contribution is 2.24. The van der Waals surface area contributed by atoms with Crippen molar-refractivity contribution >= 4 is 0 Å². The van der Waals surface area contributed by atoms with Crippen LogP contribution in [0.15, 0.2) is 0 Å². The van der Waals surface area contributed by atoms with Crippen LogP contribution >= 0.6 is 0 Å². The maximum Gasteiger partial charge on any atom is 0.000956 e. The Hall–Kier alpha value is -0.0800. The van der Waals surface area contributed by atoms with Crippen molar-refractivity contribution in [1.29, 1.82) is 0 Å². The lowest BCUT2D eigenvalue weighted by Gasteiger charge is -2.34. The molecule has 2 aliphatic heterocycles. The van der Waals surface area contributed by atoms with Crippen LogP contribution < -0.4 is 5.32 Å². The van der Waals surface area contributed by atoms with Gasteiger partial charge in [0.1, 0.15) is 0 Å². The predicted octanol–water partition coefficient (Wildman–Crippen LogP) is 3.13. The lowest BCUT2D eigenvalue weighted by Crippen LogP contribution is -2.38. The van der Waals surface area contributed by atoms with Crippen molar-refractivity contribution in [3.63, 3.8) is 0 Å². The molecule has 2 aliphatic rings.